The Morgan fingerprint density at radius 3 is 2.15 bits per heavy atom. The van der Waals surface area contributed by atoms with Crippen LogP contribution in [0.15, 0.2) is 66.7 Å². The van der Waals surface area contributed by atoms with Crippen molar-refractivity contribution in [1.29, 1.82) is 0 Å². The third-order valence-corrected chi connectivity index (χ3v) is 4.91. The van der Waals surface area contributed by atoms with Crippen LogP contribution in [-0.2, 0) is 12.7 Å². The van der Waals surface area contributed by atoms with Crippen molar-refractivity contribution in [2.75, 3.05) is 11.4 Å². The topological polar surface area (TPSA) is 32.7 Å². The molecule has 3 aromatic rings. The van der Waals surface area contributed by atoms with Gasteiger partial charge in [0.15, 0.2) is 6.10 Å². The monoisotopic (exact) mass is 487 g/mol. The Kier molecular flexibility index (Phi) is 7.40. The van der Waals surface area contributed by atoms with E-state index >= 15 is 0 Å². The van der Waals surface area contributed by atoms with Gasteiger partial charge in [-0.25, -0.2) is 4.39 Å². The molecule has 3 aromatic carbocycles. The van der Waals surface area contributed by atoms with Gasteiger partial charge in [-0.05, 0) is 55.0 Å². The van der Waals surface area contributed by atoms with E-state index in [1.807, 2.05) is 13.0 Å². The Labute approximate surface area is 191 Å². The summed E-state index contributed by atoms with van der Waals surface area (Å²) in [6.07, 6.45) is -12.6. The number of ether oxygens (including phenoxy) is 1. The lowest BCUT2D eigenvalue weighted by molar-refractivity contribution is -0.200. The number of aryl methyl sites for hydroxylation is 1. The zero-order valence-corrected chi connectivity index (χ0v) is 17.8. The first kappa shape index (κ1) is 25.4. The number of aliphatic hydroxyl groups excluding tert-OH is 1. The van der Waals surface area contributed by atoms with E-state index in [9.17, 15) is 35.8 Å². The van der Waals surface area contributed by atoms with Crippen molar-refractivity contribution < 1.29 is 40.6 Å². The molecule has 0 amide bonds. The molecule has 0 heterocycles. The van der Waals surface area contributed by atoms with Crippen molar-refractivity contribution in [2.45, 2.75) is 31.9 Å². The van der Waals surface area contributed by atoms with Gasteiger partial charge in [-0.15, -0.1) is 0 Å². The van der Waals surface area contributed by atoms with Gasteiger partial charge in [0, 0.05) is 23.9 Å². The van der Waals surface area contributed by atoms with Crippen molar-refractivity contribution in [3.63, 3.8) is 0 Å². The Bertz CT molecular complexity index is 1130. The normalized spacial score (nSPS) is 13.0. The minimum absolute atomic E-state index is 0.0882. The maximum Gasteiger partial charge on any atom is 0.416 e. The van der Waals surface area contributed by atoms with E-state index in [2.05, 4.69) is 0 Å². The zero-order chi connectivity index (χ0) is 25.1. The minimum atomic E-state index is -4.99. The predicted octanol–water partition coefficient (Wildman–Crippen LogP) is 6.88. The Hall–Kier alpha value is -3.27. The lowest BCUT2D eigenvalue weighted by atomic mass is 10.1. The molecule has 0 aliphatic heterocycles. The second-order valence-corrected chi connectivity index (χ2v) is 7.66. The number of halogens is 7. The molecule has 182 valence electrons. The molecule has 0 aliphatic carbocycles. The second kappa shape index (κ2) is 9.92. The van der Waals surface area contributed by atoms with Gasteiger partial charge in [0.1, 0.15) is 17.3 Å². The van der Waals surface area contributed by atoms with Gasteiger partial charge < -0.3 is 14.7 Å². The first-order chi connectivity index (χ1) is 15.8. The van der Waals surface area contributed by atoms with Crippen LogP contribution in [0.5, 0.6) is 11.5 Å². The van der Waals surface area contributed by atoms with Crippen LogP contribution in [-0.4, -0.2) is 23.9 Å². The molecule has 3 nitrogen and oxygen atoms in total. The molecule has 34 heavy (non-hydrogen) atoms. The quantitative estimate of drug-likeness (QED) is 0.369. The van der Waals surface area contributed by atoms with Crippen LogP contribution in [0.3, 0.4) is 0 Å². The zero-order valence-electron chi connectivity index (χ0n) is 17.8. The van der Waals surface area contributed by atoms with E-state index in [0.29, 0.717) is 23.9 Å². The molecule has 1 atom stereocenters. The molecule has 1 N–H and O–H groups in total. The summed E-state index contributed by atoms with van der Waals surface area (Å²) in [5.74, 6) is -0.325. The minimum Gasteiger partial charge on any atom is -0.457 e. The molecule has 0 aromatic heterocycles. The van der Waals surface area contributed by atoms with Crippen LogP contribution in [0.1, 0.15) is 16.7 Å². The first-order valence-electron chi connectivity index (χ1n) is 10.0. The largest absolute Gasteiger partial charge is 0.457 e. The molecule has 0 saturated heterocycles. The highest BCUT2D eigenvalue weighted by molar-refractivity contribution is 5.52. The van der Waals surface area contributed by atoms with Crippen molar-refractivity contribution in [2.24, 2.45) is 0 Å². The number of anilines is 1. The maximum atomic E-state index is 14.3. The molecule has 0 aliphatic rings. The Balaban J connectivity index is 1.95. The van der Waals surface area contributed by atoms with Gasteiger partial charge >= 0.3 is 12.4 Å². The van der Waals surface area contributed by atoms with E-state index in [1.165, 1.54) is 24.3 Å². The molecule has 10 heteroatoms. The second-order valence-electron chi connectivity index (χ2n) is 7.66. The summed E-state index contributed by atoms with van der Waals surface area (Å²) in [5.41, 5.74) is -0.625. The predicted molar refractivity (Wildman–Crippen MR) is 112 cm³/mol. The average Bonchev–Trinajstić information content (AvgIpc) is 2.73. The Morgan fingerprint density at radius 1 is 0.882 bits per heavy atom. The maximum absolute atomic E-state index is 14.3. The van der Waals surface area contributed by atoms with Gasteiger partial charge in [-0.2, -0.15) is 26.3 Å². The molecule has 0 saturated carbocycles. The van der Waals surface area contributed by atoms with Crippen molar-refractivity contribution in [1.82, 2.24) is 0 Å². The highest BCUT2D eigenvalue weighted by Crippen LogP contribution is 2.33. The summed E-state index contributed by atoms with van der Waals surface area (Å²) in [4.78, 5) is 0.944. The third kappa shape index (κ3) is 6.63. The molecular weight excluding hydrogens is 467 g/mol. The fraction of sp³-hybridized carbons (Fsp3) is 0.250. The summed E-state index contributed by atoms with van der Waals surface area (Å²) < 4.78 is 98.4. The number of alkyl halides is 6. The molecule has 0 radical (unpaired) electrons. The van der Waals surface area contributed by atoms with Crippen molar-refractivity contribution >= 4 is 5.69 Å². The highest BCUT2D eigenvalue weighted by Gasteiger charge is 2.39. The van der Waals surface area contributed by atoms with E-state index in [4.69, 9.17) is 4.74 Å². The van der Waals surface area contributed by atoms with Crippen LogP contribution in [0.4, 0.5) is 36.4 Å². The highest BCUT2D eigenvalue weighted by atomic mass is 19.4. The van der Waals surface area contributed by atoms with E-state index in [0.717, 1.165) is 10.5 Å². The third-order valence-electron chi connectivity index (χ3n) is 4.91. The molecule has 0 bridgehead atoms. The van der Waals surface area contributed by atoms with E-state index in [-0.39, 0.29) is 11.4 Å². The Morgan fingerprint density at radius 2 is 1.53 bits per heavy atom. The number of aliphatic hydroxyl groups is 1. The summed E-state index contributed by atoms with van der Waals surface area (Å²) in [6.45, 7) is 0.150. The van der Waals surface area contributed by atoms with E-state index in [1.54, 1.807) is 18.2 Å². The van der Waals surface area contributed by atoms with Crippen LogP contribution in [0, 0.1) is 12.7 Å². The number of benzene rings is 3. The molecular formula is C24H20F7NO2. The number of hydrogen-bond acceptors (Lipinski definition) is 3. The number of nitrogens with zero attached hydrogens (tertiary/aromatic N) is 1. The summed E-state index contributed by atoms with van der Waals surface area (Å²) >= 11 is 0. The van der Waals surface area contributed by atoms with Gasteiger partial charge in [0.25, 0.3) is 0 Å². The standard InChI is InChI=1S/C24H20F7NO2/c1-15-4-2-6-19(10-15)34-20-7-3-5-18(12-20)32(14-22(33)24(29,30)31)13-16-11-17(23(26,27)28)8-9-21(16)25/h2-12,22,33H,13-14H2,1H3/t22-/m1/s1. The van der Waals surface area contributed by atoms with Gasteiger partial charge in [0.05, 0.1) is 12.1 Å². The van der Waals surface area contributed by atoms with Crippen molar-refractivity contribution in [3.8, 4) is 11.5 Å². The van der Waals surface area contributed by atoms with Crippen LogP contribution in [0.25, 0.3) is 0 Å². The van der Waals surface area contributed by atoms with Crippen LogP contribution >= 0.6 is 0 Å². The number of hydrogen-bond donors (Lipinski definition) is 1. The number of rotatable bonds is 7. The summed E-state index contributed by atoms with van der Waals surface area (Å²) in [6, 6.07) is 14.4. The lowest BCUT2D eigenvalue weighted by Crippen LogP contribution is -2.41. The first-order valence-corrected chi connectivity index (χ1v) is 10.0. The summed E-state index contributed by atoms with van der Waals surface area (Å²) in [5, 5.41) is 9.61. The molecule has 0 fully saturated rings. The smallest absolute Gasteiger partial charge is 0.416 e. The van der Waals surface area contributed by atoms with Crippen LogP contribution < -0.4 is 9.64 Å². The van der Waals surface area contributed by atoms with E-state index < -0.39 is 48.5 Å². The summed E-state index contributed by atoms with van der Waals surface area (Å²) in [7, 11) is 0. The van der Waals surface area contributed by atoms with Gasteiger partial charge in [-0.3, -0.25) is 0 Å². The molecule has 3 rings (SSSR count). The van der Waals surface area contributed by atoms with Crippen LogP contribution in [0.2, 0.25) is 0 Å². The SMILES string of the molecule is Cc1cccc(Oc2cccc(N(Cc3cc(C(F)(F)F)ccc3F)C[C@@H](O)C(F)(F)F)c2)c1. The average molecular weight is 487 g/mol. The fourth-order valence-corrected chi connectivity index (χ4v) is 3.21. The van der Waals surface area contributed by atoms with Gasteiger partial charge in [-0.1, -0.05) is 18.2 Å². The van der Waals surface area contributed by atoms with Crippen molar-refractivity contribution in [3.05, 3.63) is 89.2 Å². The lowest BCUT2D eigenvalue weighted by Gasteiger charge is -2.29. The van der Waals surface area contributed by atoms with Gasteiger partial charge in [0.2, 0.25) is 0 Å². The molecule has 0 spiro atoms. The molecule has 0 unspecified atom stereocenters. The fourth-order valence-electron chi connectivity index (χ4n) is 3.21.